The Hall–Kier alpha value is -2.67. The first-order valence-electron chi connectivity index (χ1n) is 8.39. The largest absolute Gasteiger partial charge is 0.489 e. The Morgan fingerprint density at radius 2 is 2.04 bits per heavy atom. The van der Waals surface area contributed by atoms with Crippen molar-refractivity contribution in [3.05, 3.63) is 42.5 Å². The molecule has 3 unspecified atom stereocenters. The Labute approximate surface area is 144 Å². The highest BCUT2D eigenvalue weighted by atomic mass is 16.5. The summed E-state index contributed by atoms with van der Waals surface area (Å²) in [5, 5.41) is 0. The second-order valence-electron chi connectivity index (χ2n) is 6.63. The fourth-order valence-corrected chi connectivity index (χ4v) is 4.04. The minimum Gasteiger partial charge on any atom is -0.489 e. The number of hydrogen-bond acceptors (Lipinski definition) is 7. The van der Waals surface area contributed by atoms with E-state index in [1.54, 1.807) is 12.4 Å². The summed E-state index contributed by atoms with van der Waals surface area (Å²) < 4.78 is 17.6. The lowest BCUT2D eigenvalue weighted by Gasteiger charge is -2.45. The van der Waals surface area contributed by atoms with Gasteiger partial charge in [-0.1, -0.05) is 6.07 Å². The third kappa shape index (κ3) is 2.19. The van der Waals surface area contributed by atoms with Crippen molar-refractivity contribution in [1.29, 1.82) is 0 Å². The van der Waals surface area contributed by atoms with Gasteiger partial charge < -0.3 is 19.9 Å². The zero-order valence-electron chi connectivity index (χ0n) is 13.6. The van der Waals surface area contributed by atoms with E-state index in [4.69, 9.17) is 24.9 Å². The third-order valence-corrected chi connectivity index (χ3v) is 5.27. The van der Waals surface area contributed by atoms with Gasteiger partial charge in [-0.2, -0.15) is 0 Å². The van der Waals surface area contributed by atoms with Crippen LogP contribution >= 0.6 is 0 Å². The summed E-state index contributed by atoms with van der Waals surface area (Å²) in [7, 11) is 0. The number of hydrogen-bond donors (Lipinski definition) is 1. The minimum absolute atomic E-state index is 0.0606. The molecule has 3 atom stereocenters. The number of nitrogens with zero attached hydrogens (tertiary/aromatic N) is 3. The molecule has 1 saturated heterocycles. The molecular formula is C18H18N4O3. The van der Waals surface area contributed by atoms with E-state index in [0.717, 1.165) is 28.9 Å². The van der Waals surface area contributed by atoms with Crippen molar-refractivity contribution >= 4 is 6.02 Å². The summed E-state index contributed by atoms with van der Waals surface area (Å²) in [6.07, 6.45) is 6.01. The molecule has 3 aliphatic rings. The van der Waals surface area contributed by atoms with E-state index in [9.17, 15) is 0 Å². The summed E-state index contributed by atoms with van der Waals surface area (Å²) in [6, 6.07) is 6.33. The number of aromatic nitrogens is 2. The van der Waals surface area contributed by atoms with Gasteiger partial charge in [-0.25, -0.2) is 15.0 Å². The number of rotatable bonds is 1. The van der Waals surface area contributed by atoms with Crippen LogP contribution in [0.3, 0.4) is 0 Å². The van der Waals surface area contributed by atoms with E-state index < -0.39 is 5.54 Å². The molecular weight excluding hydrogens is 320 g/mol. The van der Waals surface area contributed by atoms with Crippen molar-refractivity contribution in [2.75, 3.05) is 19.8 Å². The molecule has 1 fully saturated rings. The molecule has 1 aromatic carbocycles. The number of aliphatic imine (C=N–C) groups is 1. The number of ether oxygens (including phenoxy) is 3. The highest BCUT2D eigenvalue weighted by Gasteiger charge is 2.54. The van der Waals surface area contributed by atoms with Crippen LogP contribution in [0, 0.1) is 5.92 Å². The maximum absolute atomic E-state index is 6.27. The molecule has 0 bridgehead atoms. The molecule has 3 aliphatic heterocycles. The number of fused-ring (bicyclic) bond motifs is 4. The van der Waals surface area contributed by atoms with Crippen molar-refractivity contribution in [3.8, 4) is 16.9 Å². The van der Waals surface area contributed by atoms with Crippen molar-refractivity contribution in [3.63, 3.8) is 0 Å². The molecule has 0 saturated carbocycles. The lowest BCUT2D eigenvalue weighted by atomic mass is 9.72. The predicted molar refractivity (Wildman–Crippen MR) is 90.1 cm³/mol. The van der Waals surface area contributed by atoms with E-state index in [0.29, 0.717) is 19.8 Å². The van der Waals surface area contributed by atoms with Crippen LogP contribution in [0.4, 0.5) is 0 Å². The molecule has 2 N–H and O–H groups in total. The second-order valence-corrected chi connectivity index (χ2v) is 6.63. The smallest absolute Gasteiger partial charge is 0.283 e. The number of nitrogens with two attached hydrogens (primary N) is 1. The van der Waals surface area contributed by atoms with Gasteiger partial charge in [0.25, 0.3) is 6.02 Å². The number of benzene rings is 1. The van der Waals surface area contributed by atoms with Crippen molar-refractivity contribution in [2.24, 2.45) is 16.6 Å². The second kappa shape index (κ2) is 5.42. The van der Waals surface area contributed by atoms with Gasteiger partial charge in [0, 0.05) is 29.9 Å². The molecule has 7 nitrogen and oxygen atoms in total. The molecule has 7 heteroatoms. The van der Waals surface area contributed by atoms with Gasteiger partial charge in [0.2, 0.25) is 0 Å². The zero-order chi connectivity index (χ0) is 16.9. The van der Waals surface area contributed by atoms with E-state index in [2.05, 4.69) is 16.0 Å². The van der Waals surface area contributed by atoms with Crippen LogP contribution in [0.1, 0.15) is 12.0 Å². The Morgan fingerprint density at radius 1 is 1.16 bits per heavy atom. The average Bonchev–Trinajstić information content (AvgIpc) is 3.05. The van der Waals surface area contributed by atoms with Gasteiger partial charge in [0.15, 0.2) is 0 Å². The first kappa shape index (κ1) is 14.7. The molecule has 0 aliphatic carbocycles. The Morgan fingerprint density at radius 3 is 2.84 bits per heavy atom. The van der Waals surface area contributed by atoms with E-state index in [-0.39, 0.29) is 18.0 Å². The molecule has 0 radical (unpaired) electrons. The topological polar surface area (TPSA) is 91.9 Å². The van der Waals surface area contributed by atoms with Gasteiger partial charge in [0.05, 0.1) is 19.1 Å². The fourth-order valence-electron chi connectivity index (χ4n) is 4.04. The van der Waals surface area contributed by atoms with Gasteiger partial charge in [-0.15, -0.1) is 0 Å². The van der Waals surface area contributed by atoms with Gasteiger partial charge in [-0.05, 0) is 17.7 Å². The van der Waals surface area contributed by atoms with Crippen LogP contribution in [-0.2, 0) is 15.0 Å². The first-order valence-corrected chi connectivity index (χ1v) is 8.39. The molecule has 0 amide bonds. The maximum Gasteiger partial charge on any atom is 0.283 e. The van der Waals surface area contributed by atoms with Gasteiger partial charge >= 0.3 is 0 Å². The highest BCUT2D eigenvalue weighted by Crippen LogP contribution is 2.50. The summed E-state index contributed by atoms with van der Waals surface area (Å²) >= 11 is 0. The summed E-state index contributed by atoms with van der Waals surface area (Å²) in [4.78, 5) is 12.9. The monoisotopic (exact) mass is 338 g/mol. The Balaban J connectivity index is 1.68. The zero-order valence-corrected chi connectivity index (χ0v) is 13.6. The maximum atomic E-state index is 6.27. The lowest BCUT2D eigenvalue weighted by Crippen LogP contribution is -2.52. The molecule has 2 aromatic rings. The third-order valence-electron chi connectivity index (χ3n) is 5.27. The quantitative estimate of drug-likeness (QED) is 0.847. The Bertz CT molecular complexity index is 841. The van der Waals surface area contributed by atoms with E-state index >= 15 is 0 Å². The standard InChI is InChI=1S/C18H18N4O3/c19-17-22-18(9-24-17)13-5-11(12-6-20-10-21-7-12)1-2-15(13)25-16-3-4-23-8-14(16)18/h1-2,5-7,10,14,16H,3-4,8-9H2,(H2,19,22). The van der Waals surface area contributed by atoms with Crippen molar-refractivity contribution < 1.29 is 14.2 Å². The predicted octanol–water partition coefficient (Wildman–Crippen LogP) is 1.48. The average molecular weight is 338 g/mol. The molecule has 25 heavy (non-hydrogen) atoms. The van der Waals surface area contributed by atoms with Crippen LogP contribution in [0.25, 0.3) is 11.1 Å². The summed E-state index contributed by atoms with van der Waals surface area (Å²) in [5.41, 5.74) is 8.28. The van der Waals surface area contributed by atoms with E-state index in [1.165, 1.54) is 6.33 Å². The van der Waals surface area contributed by atoms with Gasteiger partial charge in [-0.3, -0.25) is 0 Å². The van der Waals surface area contributed by atoms with Crippen molar-refractivity contribution in [2.45, 2.75) is 18.1 Å². The number of amidine groups is 1. The summed E-state index contributed by atoms with van der Waals surface area (Å²) in [6.45, 7) is 1.70. The molecule has 5 rings (SSSR count). The van der Waals surface area contributed by atoms with Crippen LogP contribution in [0.2, 0.25) is 0 Å². The van der Waals surface area contributed by atoms with Crippen LogP contribution in [0.5, 0.6) is 5.75 Å². The molecule has 4 heterocycles. The van der Waals surface area contributed by atoms with Gasteiger partial charge in [0.1, 0.15) is 30.3 Å². The van der Waals surface area contributed by atoms with Crippen molar-refractivity contribution in [1.82, 2.24) is 9.97 Å². The van der Waals surface area contributed by atoms with E-state index in [1.807, 2.05) is 12.1 Å². The lowest BCUT2D eigenvalue weighted by molar-refractivity contribution is -0.0726. The fraction of sp³-hybridized carbons (Fsp3) is 0.389. The molecule has 1 aromatic heterocycles. The minimum atomic E-state index is -0.561. The summed E-state index contributed by atoms with van der Waals surface area (Å²) in [5.74, 6) is 0.919. The highest BCUT2D eigenvalue weighted by molar-refractivity contribution is 5.75. The van der Waals surface area contributed by atoms with Crippen LogP contribution in [-0.4, -0.2) is 41.9 Å². The molecule has 1 spiro atoms. The molecule has 128 valence electrons. The Kier molecular flexibility index (Phi) is 3.18. The van der Waals surface area contributed by atoms with Crippen LogP contribution in [0.15, 0.2) is 41.9 Å². The van der Waals surface area contributed by atoms with Crippen LogP contribution < -0.4 is 10.5 Å². The first-order chi connectivity index (χ1) is 12.3. The normalized spacial score (nSPS) is 30.0. The SMILES string of the molecule is NC1=NC2(CO1)c1cc(-c3cncnc3)ccc1OC1CCOCC12.